The van der Waals surface area contributed by atoms with Gasteiger partial charge in [-0.15, -0.1) is 0 Å². The molecule has 0 atom stereocenters. The summed E-state index contributed by atoms with van der Waals surface area (Å²) in [6.45, 7) is 2.84. The van der Waals surface area contributed by atoms with Crippen molar-refractivity contribution in [2.45, 2.75) is 25.9 Å². The molecular formula is C22H20F3N3O3. The van der Waals surface area contributed by atoms with Gasteiger partial charge in [-0.2, -0.15) is 13.2 Å². The number of rotatable bonds is 3. The quantitative estimate of drug-likeness (QED) is 0.579. The van der Waals surface area contributed by atoms with Crippen molar-refractivity contribution in [3.8, 4) is 22.5 Å². The van der Waals surface area contributed by atoms with Gasteiger partial charge in [-0.25, -0.2) is 4.79 Å². The van der Waals surface area contributed by atoms with Crippen molar-refractivity contribution in [2.75, 3.05) is 6.54 Å². The minimum Gasteiger partial charge on any atom is -0.475 e. The van der Waals surface area contributed by atoms with Gasteiger partial charge in [0.2, 0.25) is 0 Å². The van der Waals surface area contributed by atoms with Crippen LogP contribution in [0, 0.1) is 0 Å². The van der Waals surface area contributed by atoms with E-state index < -0.39 is 12.1 Å². The van der Waals surface area contributed by atoms with E-state index in [1.165, 1.54) is 5.56 Å². The number of fused-ring (bicyclic) bond motifs is 1. The summed E-state index contributed by atoms with van der Waals surface area (Å²) in [5, 5.41) is 10.0. The normalized spacial score (nSPS) is 13.0. The monoisotopic (exact) mass is 431 g/mol. The minimum absolute atomic E-state index is 0.00340. The molecule has 1 aliphatic heterocycles. The molecule has 0 fully saturated rings. The molecule has 1 aromatic carbocycles. The third kappa shape index (κ3) is 5.30. The van der Waals surface area contributed by atoms with Gasteiger partial charge in [0, 0.05) is 41.7 Å². The number of carbonyl (C=O) groups excluding carboxylic acids is 1. The molecule has 1 aliphatic rings. The van der Waals surface area contributed by atoms with Crippen LogP contribution in [0.5, 0.6) is 0 Å². The summed E-state index contributed by atoms with van der Waals surface area (Å²) in [6.07, 6.45) is -1.41. The van der Waals surface area contributed by atoms with E-state index in [0.717, 1.165) is 46.6 Å². The molecule has 0 unspecified atom stereocenters. The zero-order valence-electron chi connectivity index (χ0n) is 16.6. The number of hydrogen-bond donors (Lipinski definition) is 3. The summed E-state index contributed by atoms with van der Waals surface area (Å²) < 4.78 is 31.7. The van der Waals surface area contributed by atoms with Crippen molar-refractivity contribution in [2.24, 2.45) is 0 Å². The maximum atomic E-state index is 11.9. The average Bonchev–Trinajstić information content (AvgIpc) is 3.20. The van der Waals surface area contributed by atoms with E-state index in [1.807, 2.05) is 18.3 Å². The van der Waals surface area contributed by atoms with Gasteiger partial charge < -0.3 is 15.4 Å². The van der Waals surface area contributed by atoms with Gasteiger partial charge in [0.1, 0.15) is 0 Å². The number of aromatic amines is 1. The summed E-state index contributed by atoms with van der Waals surface area (Å²) in [7, 11) is 0. The van der Waals surface area contributed by atoms with Crippen LogP contribution in [0.3, 0.4) is 0 Å². The molecule has 0 bridgehead atoms. The second-order valence-corrected chi connectivity index (χ2v) is 6.87. The second kappa shape index (κ2) is 9.03. The third-order valence-corrected chi connectivity index (χ3v) is 4.75. The zero-order valence-corrected chi connectivity index (χ0v) is 16.6. The minimum atomic E-state index is -5.08. The van der Waals surface area contributed by atoms with Crippen LogP contribution in [0.1, 0.15) is 28.5 Å². The molecule has 0 saturated heterocycles. The first-order valence-corrected chi connectivity index (χ1v) is 9.55. The van der Waals surface area contributed by atoms with E-state index in [4.69, 9.17) is 9.90 Å². The Bertz CT molecular complexity index is 1110. The van der Waals surface area contributed by atoms with E-state index in [-0.39, 0.29) is 5.91 Å². The fourth-order valence-electron chi connectivity index (χ4n) is 3.16. The fraction of sp³-hybridized carbons (Fsp3) is 0.227. The van der Waals surface area contributed by atoms with Crippen molar-refractivity contribution >= 4 is 11.9 Å². The molecule has 31 heavy (non-hydrogen) atoms. The number of halogens is 3. The van der Waals surface area contributed by atoms with Crippen LogP contribution in [-0.4, -0.2) is 39.7 Å². The lowest BCUT2D eigenvalue weighted by Crippen LogP contribution is -2.31. The summed E-state index contributed by atoms with van der Waals surface area (Å²) >= 11 is 0. The van der Waals surface area contributed by atoms with Gasteiger partial charge in [0.15, 0.2) is 0 Å². The Balaban J connectivity index is 0.000000339. The van der Waals surface area contributed by atoms with Crippen LogP contribution >= 0.6 is 0 Å². The molecule has 0 saturated carbocycles. The first kappa shape index (κ1) is 22.1. The standard InChI is InChI=1S/C20H19N3O.C2HF3O2/c1-2-13-4-3-5-14(10-13)18-11-15(6-8-21-18)19-12-16-17(23-19)7-9-22-20(16)24;3-2(4,5)1(6)7/h3-6,8,10-12,23H,2,7,9H2,1H3,(H,22,24);(H,6,7). The number of carboxylic acids is 1. The topological polar surface area (TPSA) is 95.1 Å². The molecule has 0 aliphatic carbocycles. The van der Waals surface area contributed by atoms with Crippen LogP contribution in [0.15, 0.2) is 48.7 Å². The predicted octanol–water partition coefficient (Wildman–Crippen LogP) is 4.23. The fourth-order valence-corrected chi connectivity index (χ4v) is 3.16. The van der Waals surface area contributed by atoms with E-state index >= 15 is 0 Å². The van der Waals surface area contributed by atoms with Crippen LogP contribution in [0.4, 0.5) is 13.2 Å². The first-order chi connectivity index (χ1) is 14.7. The number of nitrogens with zero attached hydrogens (tertiary/aromatic N) is 1. The molecule has 3 heterocycles. The molecule has 4 rings (SSSR count). The number of pyridine rings is 1. The van der Waals surface area contributed by atoms with Crippen LogP contribution in [0.2, 0.25) is 0 Å². The largest absolute Gasteiger partial charge is 0.490 e. The Labute approximate surface area is 176 Å². The molecule has 0 spiro atoms. The maximum Gasteiger partial charge on any atom is 0.490 e. The van der Waals surface area contributed by atoms with Crippen LogP contribution < -0.4 is 5.32 Å². The average molecular weight is 431 g/mol. The number of amides is 1. The molecular weight excluding hydrogens is 411 g/mol. The molecule has 2 aromatic heterocycles. The van der Waals surface area contributed by atoms with Crippen LogP contribution in [0.25, 0.3) is 22.5 Å². The Morgan fingerprint density at radius 2 is 1.90 bits per heavy atom. The van der Waals surface area contributed by atoms with Gasteiger partial charge in [-0.1, -0.05) is 25.1 Å². The molecule has 1 amide bonds. The molecule has 6 nitrogen and oxygen atoms in total. The maximum absolute atomic E-state index is 11.9. The van der Waals surface area contributed by atoms with E-state index in [2.05, 4.69) is 52.5 Å². The number of aryl methyl sites for hydroxylation is 1. The summed E-state index contributed by atoms with van der Waals surface area (Å²) in [5.74, 6) is -2.75. The highest BCUT2D eigenvalue weighted by molar-refractivity contribution is 5.97. The number of aromatic nitrogens is 2. The third-order valence-electron chi connectivity index (χ3n) is 4.75. The lowest BCUT2D eigenvalue weighted by molar-refractivity contribution is -0.192. The number of nitrogens with one attached hydrogen (secondary N) is 2. The van der Waals surface area contributed by atoms with Crippen molar-refractivity contribution in [3.63, 3.8) is 0 Å². The van der Waals surface area contributed by atoms with Crippen molar-refractivity contribution in [1.82, 2.24) is 15.3 Å². The van der Waals surface area contributed by atoms with Crippen molar-refractivity contribution in [1.29, 1.82) is 0 Å². The molecule has 3 aromatic rings. The predicted molar refractivity (Wildman–Crippen MR) is 109 cm³/mol. The Morgan fingerprint density at radius 3 is 2.55 bits per heavy atom. The number of benzene rings is 1. The molecule has 3 N–H and O–H groups in total. The highest BCUT2D eigenvalue weighted by Crippen LogP contribution is 2.27. The lowest BCUT2D eigenvalue weighted by Gasteiger charge is -2.11. The molecule has 0 radical (unpaired) electrons. The van der Waals surface area contributed by atoms with Gasteiger partial charge in [-0.05, 0) is 36.2 Å². The van der Waals surface area contributed by atoms with E-state index in [0.29, 0.717) is 6.54 Å². The number of hydrogen-bond acceptors (Lipinski definition) is 3. The van der Waals surface area contributed by atoms with Crippen molar-refractivity contribution < 1.29 is 27.9 Å². The Kier molecular flexibility index (Phi) is 6.43. The van der Waals surface area contributed by atoms with Gasteiger partial charge in [-0.3, -0.25) is 9.78 Å². The van der Waals surface area contributed by atoms with E-state index in [9.17, 15) is 18.0 Å². The van der Waals surface area contributed by atoms with Crippen LogP contribution in [-0.2, 0) is 17.6 Å². The Morgan fingerprint density at radius 1 is 1.16 bits per heavy atom. The number of carbonyl (C=O) groups is 2. The van der Waals surface area contributed by atoms with Gasteiger partial charge >= 0.3 is 12.1 Å². The Hall–Kier alpha value is -3.62. The van der Waals surface area contributed by atoms with Gasteiger partial charge in [0.25, 0.3) is 5.91 Å². The highest BCUT2D eigenvalue weighted by atomic mass is 19.4. The van der Waals surface area contributed by atoms with E-state index in [1.54, 1.807) is 0 Å². The second-order valence-electron chi connectivity index (χ2n) is 6.87. The SMILES string of the molecule is CCc1cccc(-c2cc(-c3cc4c([nH]3)CCNC4=O)ccn2)c1.O=C(O)C(F)(F)F. The molecule has 9 heteroatoms. The smallest absolute Gasteiger partial charge is 0.475 e. The number of alkyl halides is 3. The lowest BCUT2D eigenvalue weighted by atomic mass is 10.0. The molecule has 162 valence electrons. The summed E-state index contributed by atoms with van der Waals surface area (Å²) in [4.78, 5) is 28.7. The number of H-pyrrole nitrogens is 1. The van der Waals surface area contributed by atoms with Crippen molar-refractivity contribution in [3.05, 3.63) is 65.5 Å². The highest BCUT2D eigenvalue weighted by Gasteiger charge is 2.38. The summed E-state index contributed by atoms with van der Waals surface area (Å²) in [5.41, 5.74) is 7.14. The zero-order chi connectivity index (χ0) is 22.6. The van der Waals surface area contributed by atoms with Gasteiger partial charge in [0.05, 0.1) is 11.3 Å². The summed E-state index contributed by atoms with van der Waals surface area (Å²) in [6, 6.07) is 14.4. The number of aliphatic carboxylic acids is 1. The first-order valence-electron chi connectivity index (χ1n) is 9.55. The number of carboxylic acid groups (broad SMARTS) is 1.